The third-order valence-corrected chi connectivity index (χ3v) is 7.01. The van der Waals surface area contributed by atoms with Crippen LogP contribution in [0.4, 0.5) is 5.69 Å². The number of hydrogen-bond acceptors (Lipinski definition) is 6. The van der Waals surface area contributed by atoms with Gasteiger partial charge in [0, 0.05) is 17.3 Å². The zero-order chi connectivity index (χ0) is 25.9. The van der Waals surface area contributed by atoms with Gasteiger partial charge in [0.25, 0.3) is 15.9 Å². The molecule has 0 radical (unpaired) electrons. The highest BCUT2D eigenvalue weighted by atomic mass is 32.2. The number of hydrogen-bond donors (Lipinski definition) is 3. The van der Waals surface area contributed by atoms with Gasteiger partial charge in [-0.15, -0.1) is 0 Å². The van der Waals surface area contributed by atoms with Crippen molar-refractivity contribution in [2.45, 2.75) is 17.9 Å². The lowest BCUT2D eigenvalue weighted by molar-refractivity contribution is -0.135. The molecule has 1 amide bonds. The number of methoxy groups -OCH3 is 1. The van der Waals surface area contributed by atoms with Crippen molar-refractivity contribution in [2.24, 2.45) is 0 Å². The van der Waals surface area contributed by atoms with E-state index in [0.717, 1.165) is 5.56 Å². The maximum Gasteiger partial charge on any atom is 0.322 e. The highest BCUT2D eigenvalue weighted by Gasteiger charge is 2.29. The summed E-state index contributed by atoms with van der Waals surface area (Å²) in [4.78, 5) is 24.6. The van der Waals surface area contributed by atoms with E-state index < -0.39 is 27.9 Å². The van der Waals surface area contributed by atoms with E-state index in [9.17, 15) is 18.0 Å². The number of anilines is 1. The molecule has 0 saturated carbocycles. The molecule has 3 aromatic carbocycles. The van der Waals surface area contributed by atoms with Gasteiger partial charge in [0.05, 0.1) is 17.5 Å². The number of amides is 1. The van der Waals surface area contributed by atoms with E-state index in [4.69, 9.17) is 9.84 Å². The summed E-state index contributed by atoms with van der Waals surface area (Å²) in [5, 5.41) is 12.6. The van der Waals surface area contributed by atoms with Crippen molar-refractivity contribution in [3.05, 3.63) is 90.1 Å². The lowest BCUT2D eigenvalue weighted by Crippen LogP contribution is -2.37. The van der Waals surface area contributed by atoms with Crippen LogP contribution in [0.1, 0.15) is 17.2 Å². The quantitative estimate of drug-likeness (QED) is 0.316. The first-order valence-electron chi connectivity index (χ1n) is 11.0. The molecule has 10 heteroatoms. The number of aryl methyl sites for hydroxylation is 1. The molecular weight excluding hydrogens is 482 g/mol. The second kappa shape index (κ2) is 10.1. The van der Waals surface area contributed by atoms with Crippen LogP contribution in [-0.2, 0) is 19.6 Å². The molecule has 4 aromatic rings. The molecule has 1 atom stereocenters. The van der Waals surface area contributed by atoms with Gasteiger partial charge in [0.1, 0.15) is 18.3 Å². The first-order chi connectivity index (χ1) is 17.2. The smallest absolute Gasteiger partial charge is 0.322 e. The summed E-state index contributed by atoms with van der Waals surface area (Å²) in [7, 11) is -2.64. The van der Waals surface area contributed by atoms with Gasteiger partial charge < -0.3 is 19.7 Å². The largest absolute Gasteiger partial charge is 0.497 e. The van der Waals surface area contributed by atoms with E-state index >= 15 is 0 Å². The summed E-state index contributed by atoms with van der Waals surface area (Å²) in [6, 6.07) is 19.0. The number of rotatable bonds is 9. The minimum atomic E-state index is -4.14. The van der Waals surface area contributed by atoms with Crippen LogP contribution >= 0.6 is 0 Å². The molecule has 0 spiro atoms. The van der Waals surface area contributed by atoms with Crippen molar-refractivity contribution >= 4 is 38.5 Å². The molecule has 36 heavy (non-hydrogen) atoms. The van der Waals surface area contributed by atoms with Crippen molar-refractivity contribution in [3.8, 4) is 5.75 Å². The number of ether oxygens (including phenoxy) is 1. The Morgan fingerprint density at radius 3 is 2.50 bits per heavy atom. The Morgan fingerprint density at radius 2 is 1.78 bits per heavy atom. The van der Waals surface area contributed by atoms with Gasteiger partial charge in [-0.2, -0.15) is 0 Å². The third-order valence-electron chi connectivity index (χ3n) is 5.66. The maximum atomic E-state index is 13.6. The van der Waals surface area contributed by atoms with Gasteiger partial charge >= 0.3 is 5.97 Å². The fraction of sp³-hybridized carbons (Fsp3) is 0.154. The van der Waals surface area contributed by atoms with E-state index in [1.54, 1.807) is 78.4 Å². The molecule has 1 aromatic heterocycles. The molecule has 4 rings (SSSR count). The number of fused-ring (bicyclic) bond motifs is 1. The van der Waals surface area contributed by atoms with Gasteiger partial charge in [-0.1, -0.05) is 30.3 Å². The molecule has 186 valence electrons. The van der Waals surface area contributed by atoms with Crippen LogP contribution in [-0.4, -0.2) is 43.6 Å². The summed E-state index contributed by atoms with van der Waals surface area (Å²) >= 11 is 0. The fourth-order valence-corrected chi connectivity index (χ4v) is 5.11. The number of carbonyl (C=O) groups excluding carboxylic acids is 1. The first kappa shape index (κ1) is 24.8. The van der Waals surface area contributed by atoms with E-state index in [1.807, 2.05) is 0 Å². The number of benzene rings is 3. The molecule has 0 aliphatic carbocycles. The predicted octanol–water partition coefficient (Wildman–Crippen LogP) is 3.55. The Kier molecular flexibility index (Phi) is 6.98. The molecule has 0 saturated heterocycles. The number of nitrogens with one attached hydrogen (secondary N) is 2. The number of aliphatic carboxylic acids is 1. The SMILES string of the molecule is COc1cccc(C(C(=O)NS(=O)(=O)c2cccc(C)c2)n2ccc3c(NCC(=O)O)cccc32)c1. The molecule has 0 bridgehead atoms. The van der Waals surface area contributed by atoms with Gasteiger partial charge in [-0.3, -0.25) is 9.59 Å². The lowest BCUT2D eigenvalue weighted by atomic mass is 10.1. The number of carbonyl (C=O) groups is 2. The van der Waals surface area contributed by atoms with Crippen molar-refractivity contribution in [1.29, 1.82) is 0 Å². The Labute approximate surface area is 208 Å². The van der Waals surface area contributed by atoms with Crippen LogP contribution in [0, 0.1) is 6.92 Å². The van der Waals surface area contributed by atoms with Crippen molar-refractivity contribution < 1.29 is 27.9 Å². The molecule has 9 nitrogen and oxygen atoms in total. The van der Waals surface area contributed by atoms with E-state index in [1.165, 1.54) is 19.2 Å². The van der Waals surface area contributed by atoms with Crippen LogP contribution < -0.4 is 14.8 Å². The Bertz CT molecular complexity index is 1540. The van der Waals surface area contributed by atoms with Crippen LogP contribution in [0.15, 0.2) is 83.9 Å². The van der Waals surface area contributed by atoms with Crippen molar-refractivity contribution in [2.75, 3.05) is 19.0 Å². The second-order valence-electron chi connectivity index (χ2n) is 8.17. The molecule has 3 N–H and O–H groups in total. The average Bonchev–Trinajstić information content (AvgIpc) is 3.27. The highest BCUT2D eigenvalue weighted by Crippen LogP contribution is 2.31. The normalized spacial score (nSPS) is 12.2. The Balaban J connectivity index is 1.80. The number of carboxylic acid groups (broad SMARTS) is 1. The predicted molar refractivity (Wildman–Crippen MR) is 136 cm³/mol. The monoisotopic (exact) mass is 507 g/mol. The number of sulfonamides is 1. The molecule has 1 heterocycles. The van der Waals surface area contributed by atoms with Gasteiger partial charge in [0.2, 0.25) is 0 Å². The molecular formula is C26H25N3O6S. The number of nitrogens with zero attached hydrogens (tertiary/aromatic N) is 1. The van der Waals surface area contributed by atoms with Gasteiger partial charge in [0.15, 0.2) is 0 Å². The molecule has 0 fully saturated rings. The first-order valence-corrected chi connectivity index (χ1v) is 12.5. The van der Waals surface area contributed by atoms with Crippen molar-refractivity contribution in [1.82, 2.24) is 9.29 Å². The highest BCUT2D eigenvalue weighted by molar-refractivity contribution is 7.90. The van der Waals surface area contributed by atoms with Gasteiger partial charge in [-0.05, 0) is 60.5 Å². The summed E-state index contributed by atoms with van der Waals surface area (Å²) in [6.07, 6.45) is 1.67. The van der Waals surface area contributed by atoms with E-state index in [-0.39, 0.29) is 11.4 Å². The van der Waals surface area contributed by atoms with Crippen molar-refractivity contribution in [3.63, 3.8) is 0 Å². The zero-order valence-corrected chi connectivity index (χ0v) is 20.5. The zero-order valence-electron chi connectivity index (χ0n) is 19.6. The minimum absolute atomic E-state index is 0.0160. The standard InChI is InChI=1S/C26H25N3O6S/c1-17-6-3-9-20(14-17)36(33,34)28-26(32)25(18-7-4-8-19(15-18)35-2)29-13-12-21-22(27-16-24(30)31)10-5-11-23(21)29/h3-15,25,27H,16H2,1-2H3,(H,28,32)(H,30,31). The lowest BCUT2D eigenvalue weighted by Gasteiger charge is -2.21. The van der Waals surface area contributed by atoms with E-state index in [2.05, 4.69) is 10.0 Å². The number of aromatic nitrogens is 1. The molecule has 0 aliphatic heterocycles. The van der Waals surface area contributed by atoms with Crippen LogP contribution in [0.2, 0.25) is 0 Å². The average molecular weight is 508 g/mol. The van der Waals surface area contributed by atoms with Crippen LogP contribution in [0.25, 0.3) is 10.9 Å². The topological polar surface area (TPSA) is 127 Å². The summed E-state index contributed by atoms with van der Waals surface area (Å²) in [6.45, 7) is 1.49. The third kappa shape index (κ3) is 5.18. The Morgan fingerprint density at radius 1 is 1.03 bits per heavy atom. The van der Waals surface area contributed by atoms with Gasteiger partial charge in [-0.25, -0.2) is 13.1 Å². The summed E-state index contributed by atoms with van der Waals surface area (Å²) < 4.78 is 35.3. The maximum absolute atomic E-state index is 13.6. The van der Waals surface area contributed by atoms with E-state index in [0.29, 0.717) is 27.9 Å². The molecule has 0 aliphatic rings. The summed E-state index contributed by atoms with van der Waals surface area (Å²) in [5.74, 6) is -1.26. The fourth-order valence-electron chi connectivity index (χ4n) is 4.02. The van der Waals surface area contributed by atoms with Crippen LogP contribution in [0.3, 0.4) is 0 Å². The number of carboxylic acids is 1. The second-order valence-corrected chi connectivity index (χ2v) is 9.86. The molecule has 1 unspecified atom stereocenters. The van der Waals surface area contributed by atoms with Crippen LogP contribution in [0.5, 0.6) is 5.75 Å². The Hall–Kier alpha value is -4.31. The minimum Gasteiger partial charge on any atom is -0.497 e. The summed E-state index contributed by atoms with van der Waals surface area (Å²) in [5.41, 5.74) is 2.44.